The van der Waals surface area contributed by atoms with E-state index in [2.05, 4.69) is 53.1 Å². The summed E-state index contributed by atoms with van der Waals surface area (Å²) in [5, 5.41) is 0. The number of hydrogen-bond donors (Lipinski definition) is 0. The molecule has 0 amide bonds. The topological polar surface area (TPSA) is 18.5 Å². The minimum absolute atomic E-state index is 0.243. The molecular formula is C17H40O2Si2. The van der Waals surface area contributed by atoms with Crippen LogP contribution in [0, 0.1) is 5.41 Å². The lowest BCUT2D eigenvalue weighted by Gasteiger charge is -2.38. The summed E-state index contributed by atoms with van der Waals surface area (Å²) < 4.78 is 12.7. The minimum atomic E-state index is -1.46. The Kier molecular flexibility index (Phi) is 9.64. The first-order valence-corrected chi connectivity index (χ1v) is 15.6. The molecular weight excluding hydrogens is 292 g/mol. The quantitative estimate of drug-likeness (QED) is 0.405. The maximum absolute atomic E-state index is 6.33. The molecule has 0 aromatic carbocycles. The van der Waals surface area contributed by atoms with Crippen LogP contribution in [-0.2, 0) is 8.85 Å². The first-order valence-electron chi connectivity index (χ1n) is 8.81. The van der Waals surface area contributed by atoms with Crippen molar-refractivity contribution in [3.63, 3.8) is 0 Å². The summed E-state index contributed by atoms with van der Waals surface area (Å²) in [6, 6.07) is 0. The van der Waals surface area contributed by atoms with Gasteiger partial charge in [-0.1, -0.05) is 39.5 Å². The van der Waals surface area contributed by atoms with Gasteiger partial charge in [-0.15, -0.1) is 0 Å². The van der Waals surface area contributed by atoms with Crippen molar-refractivity contribution in [2.24, 2.45) is 5.41 Å². The lowest BCUT2D eigenvalue weighted by Crippen LogP contribution is -2.41. The SMILES string of the molecule is CCCCC(CCCC)(CO[Si](C)(C)C)CO[Si](C)(C)C. The van der Waals surface area contributed by atoms with E-state index in [0.717, 1.165) is 13.2 Å². The summed E-state index contributed by atoms with van der Waals surface area (Å²) >= 11 is 0. The molecule has 0 aromatic rings. The van der Waals surface area contributed by atoms with Crippen LogP contribution in [0.25, 0.3) is 0 Å². The van der Waals surface area contributed by atoms with Crippen molar-refractivity contribution in [3.8, 4) is 0 Å². The Labute approximate surface area is 136 Å². The van der Waals surface area contributed by atoms with Crippen LogP contribution in [-0.4, -0.2) is 29.8 Å². The van der Waals surface area contributed by atoms with E-state index in [1.54, 1.807) is 0 Å². The Bertz CT molecular complexity index is 239. The van der Waals surface area contributed by atoms with E-state index in [4.69, 9.17) is 8.85 Å². The van der Waals surface area contributed by atoms with Crippen LogP contribution in [0.4, 0.5) is 0 Å². The molecule has 0 aliphatic rings. The Balaban J connectivity index is 4.91. The highest BCUT2D eigenvalue weighted by Crippen LogP contribution is 2.34. The van der Waals surface area contributed by atoms with Gasteiger partial charge in [0, 0.05) is 18.6 Å². The molecule has 21 heavy (non-hydrogen) atoms. The zero-order valence-electron chi connectivity index (χ0n) is 16.0. The highest BCUT2D eigenvalue weighted by Gasteiger charge is 2.33. The van der Waals surface area contributed by atoms with Gasteiger partial charge in [0.15, 0.2) is 16.6 Å². The van der Waals surface area contributed by atoms with Crippen molar-refractivity contribution in [3.05, 3.63) is 0 Å². The Hall–Kier alpha value is 0.354. The van der Waals surface area contributed by atoms with Gasteiger partial charge in [0.2, 0.25) is 0 Å². The summed E-state index contributed by atoms with van der Waals surface area (Å²) in [6.07, 6.45) is 7.58. The van der Waals surface area contributed by atoms with E-state index in [0.29, 0.717) is 0 Å². The van der Waals surface area contributed by atoms with Crippen molar-refractivity contribution >= 4 is 16.6 Å². The Morgan fingerprint density at radius 2 is 1.00 bits per heavy atom. The molecule has 2 nitrogen and oxygen atoms in total. The van der Waals surface area contributed by atoms with Gasteiger partial charge in [-0.3, -0.25) is 0 Å². The second kappa shape index (κ2) is 9.48. The molecule has 0 spiro atoms. The molecule has 0 heterocycles. The molecule has 0 rings (SSSR count). The fourth-order valence-electron chi connectivity index (χ4n) is 2.30. The van der Waals surface area contributed by atoms with Gasteiger partial charge in [0.25, 0.3) is 0 Å². The molecule has 0 aromatic heterocycles. The van der Waals surface area contributed by atoms with Gasteiger partial charge in [-0.25, -0.2) is 0 Å². The van der Waals surface area contributed by atoms with E-state index in [-0.39, 0.29) is 5.41 Å². The van der Waals surface area contributed by atoms with Crippen molar-refractivity contribution in [2.75, 3.05) is 13.2 Å². The monoisotopic (exact) mass is 332 g/mol. The highest BCUT2D eigenvalue weighted by atomic mass is 28.4. The third kappa shape index (κ3) is 11.6. The average Bonchev–Trinajstić information content (AvgIpc) is 2.35. The molecule has 0 radical (unpaired) electrons. The van der Waals surface area contributed by atoms with E-state index in [1.807, 2.05) is 0 Å². The normalized spacial score (nSPS) is 13.7. The van der Waals surface area contributed by atoms with Gasteiger partial charge in [0.1, 0.15) is 0 Å². The molecule has 0 aliphatic carbocycles. The third-order valence-corrected chi connectivity index (χ3v) is 5.76. The van der Waals surface area contributed by atoms with Crippen molar-refractivity contribution in [1.82, 2.24) is 0 Å². The van der Waals surface area contributed by atoms with Crippen LogP contribution >= 0.6 is 0 Å². The van der Waals surface area contributed by atoms with E-state index in [1.165, 1.54) is 38.5 Å². The molecule has 0 atom stereocenters. The van der Waals surface area contributed by atoms with Crippen LogP contribution in [0.3, 0.4) is 0 Å². The second-order valence-corrected chi connectivity index (χ2v) is 17.5. The third-order valence-electron chi connectivity index (χ3n) is 3.74. The fourth-order valence-corrected chi connectivity index (χ4v) is 3.78. The number of rotatable bonds is 12. The van der Waals surface area contributed by atoms with Gasteiger partial charge < -0.3 is 8.85 Å². The maximum atomic E-state index is 6.33. The van der Waals surface area contributed by atoms with Crippen LogP contribution < -0.4 is 0 Å². The van der Waals surface area contributed by atoms with Crippen LogP contribution in [0.2, 0.25) is 39.3 Å². The molecule has 0 N–H and O–H groups in total. The van der Waals surface area contributed by atoms with E-state index < -0.39 is 16.6 Å². The van der Waals surface area contributed by atoms with Crippen LogP contribution in [0.5, 0.6) is 0 Å². The van der Waals surface area contributed by atoms with E-state index >= 15 is 0 Å². The lowest BCUT2D eigenvalue weighted by molar-refractivity contribution is 0.0513. The smallest absolute Gasteiger partial charge is 0.183 e. The van der Waals surface area contributed by atoms with Gasteiger partial charge >= 0.3 is 0 Å². The van der Waals surface area contributed by atoms with Crippen LogP contribution in [0.1, 0.15) is 52.4 Å². The zero-order chi connectivity index (χ0) is 16.6. The molecule has 4 heteroatoms. The molecule has 0 saturated carbocycles. The summed E-state index contributed by atoms with van der Waals surface area (Å²) in [6.45, 7) is 20.1. The molecule has 128 valence electrons. The fraction of sp³-hybridized carbons (Fsp3) is 1.00. The number of unbranched alkanes of at least 4 members (excludes halogenated alkanes) is 2. The summed E-state index contributed by atoms with van der Waals surface area (Å²) in [4.78, 5) is 0. The second-order valence-electron chi connectivity index (χ2n) is 8.51. The van der Waals surface area contributed by atoms with Crippen molar-refractivity contribution < 1.29 is 8.85 Å². The molecule has 0 saturated heterocycles. The summed E-state index contributed by atoms with van der Waals surface area (Å²) in [7, 11) is -2.93. The first-order chi connectivity index (χ1) is 9.54. The Morgan fingerprint density at radius 1 is 0.667 bits per heavy atom. The maximum Gasteiger partial charge on any atom is 0.183 e. The predicted octanol–water partition coefficient (Wildman–Crippen LogP) is 6.06. The molecule has 0 fully saturated rings. The standard InChI is InChI=1S/C17H40O2Si2/c1-9-11-13-17(14-12-10-2,15-18-20(3,4)5)16-19-21(6,7)8/h9-16H2,1-8H3. The molecule has 0 unspecified atom stereocenters. The first kappa shape index (κ1) is 21.4. The van der Waals surface area contributed by atoms with Gasteiger partial charge in [-0.2, -0.15) is 0 Å². The van der Waals surface area contributed by atoms with Gasteiger partial charge in [-0.05, 0) is 52.1 Å². The number of hydrogen-bond acceptors (Lipinski definition) is 2. The van der Waals surface area contributed by atoms with Crippen molar-refractivity contribution in [2.45, 2.75) is 91.7 Å². The van der Waals surface area contributed by atoms with E-state index in [9.17, 15) is 0 Å². The van der Waals surface area contributed by atoms with Crippen LogP contribution in [0.15, 0.2) is 0 Å². The lowest BCUT2D eigenvalue weighted by atomic mass is 9.80. The van der Waals surface area contributed by atoms with Crippen molar-refractivity contribution in [1.29, 1.82) is 0 Å². The Morgan fingerprint density at radius 3 is 1.24 bits per heavy atom. The molecule has 0 bridgehead atoms. The van der Waals surface area contributed by atoms with Gasteiger partial charge in [0.05, 0.1) is 0 Å². The zero-order valence-corrected chi connectivity index (χ0v) is 18.0. The highest BCUT2D eigenvalue weighted by molar-refractivity contribution is 6.70. The average molecular weight is 333 g/mol. The molecule has 0 aliphatic heterocycles. The predicted molar refractivity (Wildman–Crippen MR) is 100 cm³/mol. The minimum Gasteiger partial charge on any atom is -0.417 e. The summed E-state index contributed by atoms with van der Waals surface area (Å²) in [5.41, 5.74) is 0.243. The largest absolute Gasteiger partial charge is 0.417 e. The summed E-state index contributed by atoms with van der Waals surface area (Å²) in [5.74, 6) is 0.